The van der Waals surface area contributed by atoms with Crippen molar-refractivity contribution in [1.82, 2.24) is 4.90 Å². The van der Waals surface area contributed by atoms with Crippen LogP contribution in [0, 0.1) is 10.5 Å². The van der Waals surface area contributed by atoms with Crippen LogP contribution in [0.2, 0.25) is 5.02 Å². The van der Waals surface area contributed by atoms with E-state index < -0.39 is 23.7 Å². The van der Waals surface area contributed by atoms with Gasteiger partial charge in [0.15, 0.2) is 18.1 Å². The topological polar surface area (TPSA) is 111 Å². The number of ether oxygens (including phenoxy) is 3. The summed E-state index contributed by atoms with van der Waals surface area (Å²) in [6.45, 7) is 2.94. The zero-order valence-corrected chi connectivity index (χ0v) is 23.3. The number of imide groups is 1. The monoisotopic (exact) mass is 644 g/mol. The Kier molecular flexibility index (Phi) is 9.63. The van der Waals surface area contributed by atoms with E-state index in [1.54, 1.807) is 37.3 Å². The van der Waals surface area contributed by atoms with E-state index in [1.165, 1.54) is 13.2 Å². The summed E-state index contributed by atoms with van der Waals surface area (Å²) in [5.41, 5.74) is 2.02. The van der Waals surface area contributed by atoms with Crippen molar-refractivity contribution in [2.75, 3.05) is 32.2 Å². The van der Waals surface area contributed by atoms with Crippen LogP contribution < -0.4 is 14.8 Å². The van der Waals surface area contributed by atoms with Crippen molar-refractivity contribution >= 4 is 80.7 Å². The predicted molar refractivity (Wildman–Crippen MR) is 145 cm³/mol. The Morgan fingerprint density at radius 1 is 1.22 bits per heavy atom. The fourth-order valence-corrected chi connectivity index (χ4v) is 4.89. The molecule has 1 fully saturated rings. The third kappa shape index (κ3) is 6.92. The molecule has 0 radical (unpaired) electrons. The minimum Gasteiger partial charge on any atom is -0.493 e. The van der Waals surface area contributed by atoms with E-state index >= 15 is 0 Å². The highest BCUT2D eigenvalue weighted by Gasteiger charge is 2.36. The second-order valence-corrected chi connectivity index (χ2v) is 9.97. The number of nitrogens with zero attached hydrogens (tertiary/aromatic N) is 1. The van der Waals surface area contributed by atoms with Crippen LogP contribution in [-0.2, 0) is 19.1 Å². The average Bonchev–Trinajstić information content (AvgIpc) is 3.07. The minimum absolute atomic E-state index is 0.152. The van der Waals surface area contributed by atoms with E-state index in [9.17, 15) is 19.2 Å². The molecule has 2 aromatic rings. The van der Waals surface area contributed by atoms with Gasteiger partial charge in [-0.15, -0.1) is 0 Å². The van der Waals surface area contributed by atoms with Crippen LogP contribution >= 0.6 is 46.0 Å². The molecule has 1 heterocycles. The predicted octanol–water partition coefficient (Wildman–Crippen LogP) is 4.88. The van der Waals surface area contributed by atoms with Crippen LogP contribution in [0.15, 0.2) is 35.2 Å². The summed E-state index contributed by atoms with van der Waals surface area (Å²) in [6, 6.07) is 8.54. The van der Waals surface area contributed by atoms with Crippen molar-refractivity contribution in [3.8, 4) is 11.5 Å². The van der Waals surface area contributed by atoms with Gasteiger partial charge >= 0.3 is 5.97 Å². The lowest BCUT2D eigenvalue weighted by Crippen LogP contribution is -2.34. The molecule has 0 aromatic heterocycles. The molecular weight excluding hydrogens is 623 g/mol. The van der Waals surface area contributed by atoms with E-state index in [-0.39, 0.29) is 24.0 Å². The molecule has 3 rings (SSSR count). The van der Waals surface area contributed by atoms with Gasteiger partial charge in [0, 0.05) is 10.7 Å². The lowest BCUT2D eigenvalue weighted by molar-refractivity contribution is -0.146. The largest absolute Gasteiger partial charge is 0.493 e. The number of methoxy groups -OCH3 is 1. The SMILES string of the molecule is CCOC(=O)CN1C(=O)S/C(=C\c2cc(I)c(OCC(=O)Nc3ccc(C)c(Cl)c3)c(OC)c2)C1=O. The molecule has 1 aliphatic heterocycles. The van der Waals surface area contributed by atoms with E-state index in [0.717, 1.165) is 22.2 Å². The number of anilines is 1. The van der Waals surface area contributed by atoms with Crippen molar-refractivity contribution in [2.24, 2.45) is 0 Å². The van der Waals surface area contributed by atoms with Gasteiger partial charge in [0.2, 0.25) is 0 Å². The highest BCUT2D eigenvalue weighted by molar-refractivity contribution is 14.1. The first-order valence-corrected chi connectivity index (χ1v) is 12.9. The van der Waals surface area contributed by atoms with Crippen molar-refractivity contribution < 1.29 is 33.4 Å². The molecule has 0 bridgehead atoms. The fraction of sp³-hybridized carbons (Fsp3) is 0.250. The lowest BCUT2D eigenvalue weighted by atomic mass is 10.2. The summed E-state index contributed by atoms with van der Waals surface area (Å²) in [5.74, 6) is -0.937. The number of thioether (sulfide) groups is 1. The van der Waals surface area contributed by atoms with Gasteiger partial charge in [0.25, 0.3) is 17.1 Å². The number of rotatable bonds is 9. The van der Waals surface area contributed by atoms with Gasteiger partial charge in [0.05, 0.1) is 22.2 Å². The molecule has 0 atom stereocenters. The van der Waals surface area contributed by atoms with Crippen molar-refractivity contribution in [1.29, 1.82) is 0 Å². The maximum absolute atomic E-state index is 12.6. The van der Waals surface area contributed by atoms with Gasteiger partial charge in [0.1, 0.15) is 6.54 Å². The number of benzene rings is 2. The van der Waals surface area contributed by atoms with Crippen LogP contribution in [0.5, 0.6) is 11.5 Å². The van der Waals surface area contributed by atoms with Crippen molar-refractivity contribution in [3.63, 3.8) is 0 Å². The molecule has 1 N–H and O–H groups in total. The van der Waals surface area contributed by atoms with Crippen molar-refractivity contribution in [2.45, 2.75) is 13.8 Å². The third-order valence-corrected chi connectivity index (χ3v) is 6.93. The molecule has 36 heavy (non-hydrogen) atoms. The number of carbonyl (C=O) groups excluding carboxylic acids is 4. The molecule has 2 aromatic carbocycles. The normalized spacial score (nSPS) is 14.2. The highest BCUT2D eigenvalue weighted by atomic mass is 127. The maximum atomic E-state index is 12.6. The first kappa shape index (κ1) is 27.8. The standard InChI is InChI=1S/C24H22ClIN2O7S/c1-4-34-21(30)11-28-23(31)19(36-24(28)32)9-14-7-17(26)22(18(8-14)33-3)35-12-20(29)27-15-6-5-13(2)16(25)10-15/h5-10H,4,11-12H2,1-3H3,(H,27,29)/b19-9-. The Labute approximate surface area is 230 Å². The zero-order valence-electron chi connectivity index (χ0n) is 19.6. The average molecular weight is 645 g/mol. The number of hydrogen-bond donors (Lipinski definition) is 1. The second-order valence-electron chi connectivity index (χ2n) is 7.41. The van der Waals surface area contributed by atoms with Gasteiger partial charge in [-0.25, -0.2) is 0 Å². The van der Waals surface area contributed by atoms with Gasteiger partial charge in [-0.3, -0.25) is 24.1 Å². The van der Waals surface area contributed by atoms with Crippen LogP contribution in [0.4, 0.5) is 10.5 Å². The zero-order chi connectivity index (χ0) is 26.4. The lowest BCUT2D eigenvalue weighted by Gasteiger charge is -2.14. The van der Waals surface area contributed by atoms with Gasteiger partial charge in [-0.1, -0.05) is 17.7 Å². The molecule has 0 aliphatic carbocycles. The Hall–Kier alpha value is -2.77. The minimum atomic E-state index is -0.659. The molecule has 0 saturated carbocycles. The van der Waals surface area contributed by atoms with Gasteiger partial charge in [-0.2, -0.15) is 0 Å². The van der Waals surface area contributed by atoms with Gasteiger partial charge in [-0.05, 0) is 89.7 Å². The Balaban J connectivity index is 1.71. The quantitative estimate of drug-likeness (QED) is 0.234. The Bertz CT molecular complexity index is 1250. The first-order valence-electron chi connectivity index (χ1n) is 10.6. The number of aryl methyl sites for hydroxylation is 1. The summed E-state index contributed by atoms with van der Waals surface area (Å²) in [6.07, 6.45) is 1.53. The Morgan fingerprint density at radius 2 is 1.97 bits per heavy atom. The van der Waals surface area contributed by atoms with Crippen LogP contribution in [0.25, 0.3) is 6.08 Å². The molecule has 0 spiro atoms. The molecule has 12 heteroatoms. The molecule has 1 aliphatic rings. The molecular formula is C24H22ClIN2O7S. The summed E-state index contributed by atoms with van der Waals surface area (Å²) in [4.78, 5) is 49.9. The van der Waals surface area contributed by atoms with E-state index in [4.69, 9.17) is 25.8 Å². The van der Waals surface area contributed by atoms with Gasteiger partial charge < -0.3 is 19.5 Å². The number of esters is 1. The third-order valence-electron chi connectivity index (χ3n) is 4.82. The summed E-state index contributed by atoms with van der Waals surface area (Å²) in [5, 5.41) is 2.71. The number of halogens is 2. The summed E-state index contributed by atoms with van der Waals surface area (Å²) >= 11 is 8.85. The molecule has 1 saturated heterocycles. The second kappa shape index (κ2) is 12.5. The molecule has 9 nitrogen and oxygen atoms in total. The number of nitrogens with one attached hydrogen (secondary N) is 1. The maximum Gasteiger partial charge on any atom is 0.326 e. The molecule has 0 unspecified atom stereocenters. The number of amides is 3. The Morgan fingerprint density at radius 3 is 2.64 bits per heavy atom. The van der Waals surface area contributed by atoms with E-state index in [0.29, 0.717) is 31.3 Å². The highest BCUT2D eigenvalue weighted by Crippen LogP contribution is 2.37. The van der Waals surface area contributed by atoms with Crippen LogP contribution in [-0.4, -0.2) is 54.8 Å². The molecule has 3 amide bonds. The van der Waals surface area contributed by atoms with Crippen LogP contribution in [0.1, 0.15) is 18.1 Å². The van der Waals surface area contributed by atoms with Crippen molar-refractivity contribution in [3.05, 3.63) is 55.0 Å². The first-order chi connectivity index (χ1) is 17.1. The fourth-order valence-electron chi connectivity index (χ4n) is 3.09. The number of hydrogen-bond acceptors (Lipinski definition) is 8. The molecule has 190 valence electrons. The van der Waals surface area contributed by atoms with Crippen LogP contribution in [0.3, 0.4) is 0 Å². The number of carbonyl (C=O) groups is 4. The van der Waals surface area contributed by atoms with E-state index in [1.807, 2.05) is 29.5 Å². The van der Waals surface area contributed by atoms with E-state index in [2.05, 4.69) is 5.32 Å². The smallest absolute Gasteiger partial charge is 0.326 e. The summed E-state index contributed by atoms with van der Waals surface area (Å²) < 4.78 is 16.6. The summed E-state index contributed by atoms with van der Waals surface area (Å²) in [7, 11) is 1.45.